The molecule has 0 aliphatic rings. The molecule has 0 unspecified atom stereocenters. The minimum Gasteiger partial charge on any atom is -0.493 e. The number of nitrogens with one attached hydrogen (secondary N) is 2. The van der Waals surface area contributed by atoms with Crippen LogP contribution >= 0.6 is 0 Å². The van der Waals surface area contributed by atoms with Crippen molar-refractivity contribution in [3.05, 3.63) is 53.6 Å². The normalized spacial score (nSPS) is 11.1. The average Bonchev–Trinajstić information content (AvgIpc) is 2.67. The highest BCUT2D eigenvalue weighted by atomic mass is 32.2. The quantitative estimate of drug-likeness (QED) is 0.630. The Balaban J connectivity index is 2.03. The van der Waals surface area contributed by atoms with Crippen molar-refractivity contribution in [2.45, 2.75) is 18.4 Å². The van der Waals surface area contributed by atoms with E-state index in [1.165, 1.54) is 31.4 Å². The second-order valence-electron chi connectivity index (χ2n) is 5.42. The molecule has 146 valence electrons. The van der Waals surface area contributed by atoms with Gasteiger partial charge in [0.2, 0.25) is 0 Å². The zero-order chi connectivity index (χ0) is 19.9. The number of hydrogen-bond donors (Lipinski definition) is 2. The topological polar surface area (TPSA) is 103 Å². The average molecular weight is 394 g/mol. The molecule has 0 saturated carbocycles. The van der Waals surface area contributed by atoms with Gasteiger partial charge in [-0.15, -0.1) is 0 Å². The Bertz CT molecular complexity index is 881. The Hall–Kier alpha value is -2.62. The molecule has 2 rings (SSSR count). The number of sulfonamides is 1. The molecule has 0 fully saturated rings. The van der Waals surface area contributed by atoms with E-state index < -0.39 is 10.0 Å². The highest BCUT2D eigenvalue weighted by molar-refractivity contribution is 7.89. The van der Waals surface area contributed by atoms with Crippen LogP contribution in [0.5, 0.6) is 11.5 Å². The second-order valence-corrected chi connectivity index (χ2v) is 7.06. The summed E-state index contributed by atoms with van der Waals surface area (Å²) >= 11 is 0. The van der Waals surface area contributed by atoms with E-state index in [1.54, 1.807) is 19.2 Å². The summed E-state index contributed by atoms with van der Waals surface area (Å²) < 4.78 is 34.3. The van der Waals surface area contributed by atoms with E-state index in [2.05, 4.69) is 10.2 Å². The van der Waals surface area contributed by atoms with Gasteiger partial charge in [-0.25, -0.2) is 8.42 Å². The van der Waals surface area contributed by atoms with E-state index in [-0.39, 0.29) is 17.3 Å². The van der Waals surface area contributed by atoms with E-state index in [9.17, 15) is 13.2 Å². The molecule has 2 aromatic rings. The van der Waals surface area contributed by atoms with Gasteiger partial charge in [-0.2, -0.15) is 0 Å². The Morgan fingerprint density at radius 2 is 1.74 bits per heavy atom. The van der Waals surface area contributed by atoms with E-state index in [4.69, 9.17) is 9.47 Å². The minimum atomic E-state index is -3.75. The van der Waals surface area contributed by atoms with Crippen molar-refractivity contribution in [3.63, 3.8) is 0 Å². The fourth-order valence-electron chi connectivity index (χ4n) is 2.32. The van der Waals surface area contributed by atoms with Gasteiger partial charge in [-0.1, -0.05) is 11.0 Å². The molecule has 0 spiro atoms. The van der Waals surface area contributed by atoms with Gasteiger partial charge in [-0.05, 0) is 48.9 Å². The van der Waals surface area contributed by atoms with Crippen LogP contribution in [-0.2, 0) is 21.4 Å². The minimum absolute atomic E-state index is 0.00264. The summed E-state index contributed by atoms with van der Waals surface area (Å²) in [6.45, 7) is 2.69. The molecule has 0 aliphatic heterocycles. The summed E-state index contributed by atoms with van der Waals surface area (Å²) in [4.78, 5) is 18.6. The fraction of sp³-hybridized carbons (Fsp3) is 0.278. The Labute approximate surface area is 158 Å². The lowest BCUT2D eigenvalue weighted by atomic mass is 10.1. The highest BCUT2D eigenvalue weighted by Crippen LogP contribution is 2.28. The van der Waals surface area contributed by atoms with Crippen molar-refractivity contribution in [2.24, 2.45) is 0 Å². The van der Waals surface area contributed by atoms with Crippen LogP contribution in [0.25, 0.3) is 0 Å². The molecule has 1 amide bonds. The molecule has 0 bridgehead atoms. The van der Waals surface area contributed by atoms with Crippen molar-refractivity contribution in [3.8, 4) is 11.5 Å². The first-order chi connectivity index (χ1) is 12.9. The molecule has 0 aliphatic carbocycles. The highest BCUT2D eigenvalue weighted by Gasteiger charge is 2.14. The van der Waals surface area contributed by atoms with Gasteiger partial charge < -0.3 is 14.8 Å². The first-order valence-electron chi connectivity index (χ1n) is 8.14. The number of benzene rings is 2. The summed E-state index contributed by atoms with van der Waals surface area (Å²) in [6.07, 6.45) is 0. The van der Waals surface area contributed by atoms with Crippen molar-refractivity contribution >= 4 is 15.9 Å². The summed E-state index contributed by atoms with van der Waals surface area (Å²) in [5.41, 5.74) is 1.18. The van der Waals surface area contributed by atoms with Crippen LogP contribution in [0.15, 0.2) is 47.4 Å². The predicted octanol–water partition coefficient (Wildman–Crippen LogP) is 1.86. The summed E-state index contributed by atoms with van der Waals surface area (Å²) in [6, 6.07) is 10.9. The van der Waals surface area contributed by atoms with Gasteiger partial charge in [0.15, 0.2) is 11.5 Å². The lowest BCUT2D eigenvalue weighted by Gasteiger charge is -2.12. The van der Waals surface area contributed by atoms with Crippen molar-refractivity contribution in [2.75, 3.05) is 20.8 Å². The summed E-state index contributed by atoms with van der Waals surface area (Å²) in [5, 5.41) is 2.78. The number of ether oxygens (including phenoxy) is 2. The van der Waals surface area contributed by atoms with Crippen molar-refractivity contribution < 1.29 is 27.5 Å². The lowest BCUT2D eigenvalue weighted by molar-refractivity contribution is 0.0950. The standard InChI is InChI=1S/C18H22N2O6S/c1-4-26-16-10-5-13(11-17(16)24-2)12-19-18(21)14-6-8-15(9-7-14)27(22,23)20-25-3/h5-11,20H,4,12H2,1-3H3,(H,19,21). The first kappa shape index (κ1) is 20.7. The molecule has 0 atom stereocenters. The number of hydrogen-bond acceptors (Lipinski definition) is 6. The van der Waals surface area contributed by atoms with E-state index in [1.807, 2.05) is 17.9 Å². The van der Waals surface area contributed by atoms with Crippen LogP contribution in [0.4, 0.5) is 0 Å². The van der Waals surface area contributed by atoms with Crippen LogP contribution in [0.3, 0.4) is 0 Å². The first-order valence-corrected chi connectivity index (χ1v) is 9.62. The molecule has 0 aromatic heterocycles. The van der Waals surface area contributed by atoms with Crippen molar-refractivity contribution in [1.29, 1.82) is 0 Å². The van der Waals surface area contributed by atoms with Crippen LogP contribution in [0.2, 0.25) is 0 Å². The third-order valence-corrected chi connectivity index (χ3v) is 4.88. The molecular formula is C18H22N2O6S. The number of methoxy groups -OCH3 is 1. The van der Waals surface area contributed by atoms with Crippen molar-refractivity contribution in [1.82, 2.24) is 10.2 Å². The maximum Gasteiger partial charge on any atom is 0.262 e. The van der Waals surface area contributed by atoms with E-state index in [0.717, 1.165) is 5.56 Å². The monoisotopic (exact) mass is 394 g/mol. The number of carbonyl (C=O) groups is 1. The third-order valence-electron chi connectivity index (χ3n) is 3.60. The van der Waals surface area contributed by atoms with Crippen LogP contribution in [0, 0.1) is 0 Å². The molecule has 2 aromatic carbocycles. The largest absolute Gasteiger partial charge is 0.493 e. The SMILES string of the molecule is CCOc1ccc(CNC(=O)c2ccc(S(=O)(=O)NOC)cc2)cc1OC. The number of amides is 1. The Morgan fingerprint density at radius 1 is 1.04 bits per heavy atom. The van der Waals surface area contributed by atoms with Crippen LogP contribution in [0.1, 0.15) is 22.8 Å². The molecule has 0 radical (unpaired) electrons. The number of carbonyl (C=O) groups excluding carboxylic acids is 1. The second kappa shape index (κ2) is 9.36. The lowest BCUT2D eigenvalue weighted by Crippen LogP contribution is -2.24. The fourth-order valence-corrected chi connectivity index (χ4v) is 3.13. The zero-order valence-corrected chi connectivity index (χ0v) is 16.1. The molecule has 0 heterocycles. The zero-order valence-electron chi connectivity index (χ0n) is 15.3. The van der Waals surface area contributed by atoms with E-state index in [0.29, 0.717) is 23.7 Å². The van der Waals surface area contributed by atoms with Gasteiger partial charge in [0.05, 0.1) is 25.7 Å². The van der Waals surface area contributed by atoms with Gasteiger partial charge in [-0.3, -0.25) is 9.63 Å². The maximum atomic E-state index is 12.3. The number of rotatable bonds is 9. The van der Waals surface area contributed by atoms with Gasteiger partial charge in [0.1, 0.15) is 0 Å². The van der Waals surface area contributed by atoms with Crippen LogP contribution in [-0.4, -0.2) is 35.2 Å². The Morgan fingerprint density at radius 3 is 2.33 bits per heavy atom. The summed E-state index contributed by atoms with van der Waals surface area (Å²) in [7, 11) is -1.00. The van der Waals surface area contributed by atoms with Gasteiger partial charge >= 0.3 is 0 Å². The molecule has 27 heavy (non-hydrogen) atoms. The smallest absolute Gasteiger partial charge is 0.262 e. The van der Waals surface area contributed by atoms with Gasteiger partial charge in [0, 0.05) is 12.1 Å². The molecule has 8 nitrogen and oxygen atoms in total. The molecule has 0 saturated heterocycles. The van der Waals surface area contributed by atoms with Crippen LogP contribution < -0.4 is 19.7 Å². The summed E-state index contributed by atoms with van der Waals surface area (Å²) in [5.74, 6) is 0.895. The third kappa shape index (κ3) is 5.43. The predicted molar refractivity (Wildman–Crippen MR) is 99.1 cm³/mol. The molecule has 2 N–H and O–H groups in total. The van der Waals surface area contributed by atoms with Gasteiger partial charge in [0.25, 0.3) is 15.9 Å². The Kier molecular flexibility index (Phi) is 7.17. The van der Waals surface area contributed by atoms with E-state index >= 15 is 0 Å². The maximum absolute atomic E-state index is 12.3. The molecule has 9 heteroatoms. The molecular weight excluding hydrogens is 372 g/mol.